The number of carbonyl (C=O) groups is 1. The Morgan fingerprint density at radius 1 is 1.08 bits per heavy atom. The monoisotopic (exact) mass is 380 g/mol. The largest absolute Gasteiger partial charge is 0.408 e. The van der Waals surface area contributed by atoms with Gasteiger partial charge in [0.15, 0.2) is 0 Å². The summed E-state index contributed by atoms with van der Waals surface area (Å²) in [5.74, 6) is -0.0205. The molecule has 0 fully saturated rings. The minimum absolute atomic E-state index is 0.0145. The van der Waals surface area contributed by atoms with Crippen LogP contribution in [0.5, 0.6) is 0 Å². The first-order valence-electron chi connectivity index (χ1n) is 8.66. The molecular formula is C17H24N4O4S. The highest BCUT2D eigenvalue weighted by molar-refractivity contribution is 7.89. The number of hydrogen-bond acceptors (Lipinski definition) is 6. The Morgan fingerprint density at radius 3 is 2.19 bits per heavy atom. The maximum atomic E-state index is 12.7. The van der Waals surface area contributed by atoms with Crippen LogP contribution < -0.4 is 5.32 Å². The Labute approximate surface area is 153 Å². The molecule has 2 rings (SSSR count). The van der Waals surface area contributed by atoms with Gasteiger partial charge in [0.05, 0.1) is 4.90 Å². The van der Waals surface area contributed by atoms with E-state index in [1.165, 1.54) is 28.6 Å². The molecule has 9 heteroatoms. The lowest BCUT2D eigenvalue weighted by Gasteiger charge is -2.21. The minimum Gasteiger partial charge on any atom is -0.408 e. The predicted molar refractivity (Wildman–Crippen MR) is 97.4 cm³/mol. The second-order valence-corrected chi connectivity index (χ2v) is 7.68. The number of nitrogens with one attached hydrogen (secondary N) is 1. The van der Waals surface area contributed by atoms with Gasteiger partial charge in [-0.2, -0.15) is 4.31 Å². The fraction of sp³-hybridized carbons (Fsp3) is 0.471. The molecule has 0 bridgehead atoms. The first-order valence-corrected chi connectivity index (χ1v) is 10.1. The number of rotatable bonds is 9. The van der Waals surface area contributed by atoms with Crippen LogP contribution in [0.4, 0.5) is 6.01 Å². The Hall–Kier alpha value is -2.26. The van der Waals surface area contributed by atoms with E-state index in [1.807, 2.05) is 20.8 Å². The number of benzene rings is 1. The molecule has 0 aliphatic carbocycles. The topological polar surface area (TPSA) is 105 Å². The van der Waals surface area contributed by atoms with Gasteiger partial charge in [0.1, 0.15) is 0 Å². The van der Waals surface area contributed by atoms with E-state index in [2.05, 4.69) is 15.5 Å². The summed E-state index contributed by atoms with van der Waals surface area (Å²) in [6, 6.07) is 5.83. The highest BCUT2D eigenvalue weighted by Crippen LogP contribution is 2.18. The van der Waals surface area contributed by atoms with E-state index in [1.54, 1.807) is 0 Å². The Balaban J connectivity index is 2.14. The van der Waals surface area contributed by atoms with Crippen molar-refractivity contribution in [1.29, 1.82) is 0 Å². The molecular weight excluding hydrogens is 356 g/mol. The molecule has 2 aromatic rings. The third-order valence-electron chi connectivity index (χ3n) is 3.69. The molecule has 1 N–H and O–H groups in total. The number of anilines is 1. The summed E-state index contributed by atoms with van der Waals surface area (Å²) in [5, 5.41) is 9.98. The van der Waals surface area contributed by atoms with Crippen molar-refractivity contribution in [3.63, 3.8) is 0 Å². The fourth-order valence-corrected chi connectivity index (χ4v) is 4.02. The third-order valence-corrected chi connectivity index (χ3v) is 5.60. The number of hydrogen-bond donors (Lipinski definition) is 1. The summed E-state index contributed by atoms with van der Waals surface area (Å²) < 4.78 is 32.1. The maximum Gasteiger partial charge on any atom is 0.322 e. The summed E-state index contributed by atoms with van der Waals surface area (Å²) >= 11 is 0. The number of aryl methyl sites for hydroxylation is 1. The van der Waals surface area contributed by atoms with Crippen LogP contribution in [0.2, 0.25) is 0 Å². The molecule has 0 saturated heterocycles. The van der Waals surface area contributed by atoms with Crippen molar-refractivity contribution in [2.24, 2.45) is 0 Å². The first kappa shape index (κ1) is 20.1. The Morgan fingerprint density at radius 2 is 1.69 bits per heavy atom. The number of amides is 1. The lowest BCUT2D eigenvalue weighted by atomic mass is 10.2. The van der Waals surface area contributed by atoms with E-state index in [9.17, 15) is 13.2 Å². The van der Waals surface area contributed by atoms with E-state index in [4.69, 9.17) is 4.42 Å². The molecule has 8 nitrogen and oxygen atoms in total. The van der Waals surface area contributed by atoms with Gasteiger partial charge in [-0.05, 0) is 37.1 Å². The molecule has 0 saturated carbocycles. The van der Waals surface area contributed by atoms with E-state index < -0.39 is 15.9 Å². The average Bonchev–Trinajstić information content (AvgIpc) is 3.09. The second-order valence-electron chi connectivity index (χ2n) is 5.74. The highest BCUT2D eigenvalue weighted by atomic mass is 32.2. The zero-order valence-electron chi connectivity index (χ0n) is 15.2. The van der Waals surface area contributed by atoms with Gasteiger partial charge in [-0.25, -0.2) is 8.42 Å². The first-order chi connectivity index (χ1) is 12.4. The van der Waals surface area contributed by atoms with Gasteiger partial charge in [0.25, 0.3) is 5.91 Å². The smallest absolute Gasteiger partial charge is 0.322 e. The standard InChI is InChI=1S/C17H24N4O4S/c1-4-11-21(12-5-2)26(23,24)14-9-7-13(8-10-14)16(22)18-17-20-19-15(6-3)25-17/h7-10H,4-6,11-12H2,1-3H3,(H,18,20,22). The van der Waals surface area contributed by atoms with Crippen LogP contribution in [0.3, 0.4) is 0 Å². The molecule has 0 aliphatic rings. The molecule has 142 valence electrons. The van der Waals surface area contributed by atoms with E-state index in [0.29, 0.717) is 31.0 Å². The third kappa shape index (κ3) is 4.67. The second kappa shape index (κ2) is 8.91. The molecule has 1 aromatic carbocycles. The quantitative estimate of drug-likeness (QED) is 0.717. The maximum absolute atomic E-state index is 12.7. The SMILES string of the molecule is CCCN(CCC)S(=O)(=O)c1ccc(C(=O)Nc2nnc(CC)o2)cc1. The Bertz CT molecular complexity index is 825. The van der Waals surface area contributed by atoms with Gasteiger partial charge in [-0.15, -0.1) is 5.10 Å². The molecule has 0 atom stereocenters. The van der Waals surface area contributed by atoms with E-state index >= 15 is 0 Å². The molecule has 1 aromatic heterocycles. The fourth-order valence-electron chi connectivity index (χ4n) is 2.39. The van der Waals surface area contributed by atoms with Crippen LogP contribution in [0.15, 0.2) is 33.6 Å². The van der Waals surface area contributed by atoms with Crippen LogP contribution in [-0.2, 0) is 16.4 Å². The van der Waals surface area contributed by atoms with Gasteiger partial charge < -0.3 is 4.42 Å². The van der Waals surface area contributed by atoms with Crippen molar-refractivity contribution in [3.05, 3.63) is 35.7 Å². The summed E-state index contributed by atoms with van der Waals surface area (Å²) in [4.78, 5) is 12.4. The number of aromatic nitrogens is 2. The average molecular weight is 380 g/mol. The number of sulfonamides is 1. The molecule has 0 unspecified atom stereocenters. The lowest BCUT2D eigenvalue weighted by Crippen LogP contribution is -2.32. The van der Waals surface area contributed by atoms with Gasteiger partial charge in [0, 0.05) is 25.1 Å². The molecule has 1 heterocycles. The molecule has 0 aliphatic heterocycles. The van der Waals surface area contributed by atoms with Crippen LogP contribution >= 0.6 is 0 Å². The van der Waals surface area contributed by atoms with Crippen molar-refractivity contribution in [2.75, 3.05) is 18.4 Å². The van der Waals surface area contributed by atoms with Crippen molar-refractivity contribution in [3.8, 4) is 0 Å². The zero-order valence-corrected chi connectivity index (χ0v) is 16.0. The number of nitrogens with zero attached hydrogens (tertiary/aromatic N) is 3. The summed E-state index contributed by atoms with van der Waals surface area (Å²) in [6.45, 7) is 6.67. The van der Waals surface area contributed by atoms with Crippen molar-refractivity contribution >= 4 is 21.9 Å². The lowest BCUT2D eigenvalue weighted by molar-refractivity contribution is 0.102. The van der Waals surface area contributed by atoms with Crippen LogP contribution in [0.25, 0.3) is 0 Å². The normalized spacial score (nSPS) is 11.7. The molecule has 0 spiro atoms. The van der Waals surface area contributed by atoms with Gasteiger partial charge in [-0.1, -0.05) is 25.9 Å². The van der Waals surface area contributed by atoms with Crippen LogP contribution in [0.1, 0.15) is 49.9 Å². The summed E-state index contributed by atoms with van der Waals surface area (Å²) in [5.41, 5.74) is 0.303. The van der Waals surface area contributed by atoms with Crippen molar-refractivity contribution < 1.29 is 17.6 Å². The van der Waals surface area contributed by atoms with E-state index in [0.717, 1.165) is 12.8 Å². The predicted octanol–water partition coefficient (Wildman–Crippen LogP) is 2.70. The van der Waals surface area contributed by atoms with E-state index in [-0.39, 0.29) is 10.9 Å². The Kier molecular flexibility index (Phi) is 6.87. The van der Waals surface area contributed by atoms with Crippen molar-refractivity contribution in [1.82, 2.24) is 14.5 Å². The van der Waals surface area contributed by atoms with Gasteiger partial charge in [0.2, 0.25) is 15.9 Å². The summed E-state index contributed by atoms with van der Waals surface area (Å²) in [6.07, 6.45) is 2.05. The van der Waals surface area contributed by atoms with Gasteiger partial charge >= 0.3 is 6.01 Å². The van der Waals surface area contributed by atoms with Gasteiger partial charge in [-0.3, -0.25) is 10.1 Å². The van der Waals surface area contributed by atoms with Crippen LogP contribution in [-0.4, -0.2) is 41.9 Å². The van der Waals surface area contributed by atoms with Crippen LogP contribution in [0, 0.1) is 0 Å². The van der Waals surface area contributed by atoms with Crippen molar-refractivity contribution in [2.45, 2.75) is 44.9 Å². The number of carbonyl (C=O) groups excluding carboxylic acids is 1. The molecule has 0 radical (unpaired) electrons. The summed E-state index contributed by atoms with van der Waals surface area (Å²) in [7, 11) is -3.57. The molecule has 26 heavy (non-hydrogen) atoms. The highest BCUT2D eigenvalue weighted by Gasteiger charge is 2.23. The minimum atomic E-state index is -3.57. The zero-order chi connectivity index (χ0) is 19.2. The molecule has 1 amide bonds.